The van der Waals surface area contributed by atoms with Crippen LogP contribution in [0.1, 0.15) is 82.6 Å². The zero-order valence-corrected chi connectivity index (χ0v) is 24.6. The third-order valence-corrected chi connectivity index (χ3v) is 9.90. The second kappa shape index (κ2) is 11.4. The predicted octanol–water partition coefficient (Wildman–Crippen LogP) is 7.54. The molecule has 2 heterocycles. The summed E-state index contributed by atoms with van der Waals surface area (Å²) in [6.07, 6.45) is 11.8. The van der Waals surface area contributed by atoms with Gasteiger partial charge in [0.25, 0.3) is 5.91 Å². The van der Waals surface area contributed by atoms with Gasteiger partial charge in [0.05, 0.1) is 5.56 Å². The molecule has 2 N–H and O–H groups in total. The third-order valence-electron chi connectivity index (χ3n) is 9.90. The fraction of sp³-hybridized carbons (Fsp3) is 0.389. The lowest BCUT2D eigenvalue weighted by molar-refractivity contribution is -0.0570. The Hall–Kier alpha value is -4.26. The number of aromatic nitrogens is 3. The number of benzene rings is 2. The second-order valence-electron chi connectivity index (χ2n) is 13.1. The van der Waals surface area contributed by atoms with Gasteiger partial charge in [-0.05, 0) is 117 Å². The van der Waals surface area contributed by atoms with Gasteiger partial charge in [0.15, 0.2) is 5.82 Å². The monoisotopic (exact) mass is 574 g/mol. The molecular formula is C36H38N4O3. The molecule has 0 spiro atoms. The number of esters is 1. The van der Waals surface area contributed by atoms with Crippen molar-refractivity contribution in [3.63, 3.8) is 0 Å². The molecule has 0 unspecified atom stereocenters. The van der Waals surface area contributed by atoms with Crippen LogP contribution in [0.5, 0.6) is 0 Å². The lowest BCUT2D eigenvalue weighted by atomic mass is 9.48. The zero-order chi connectivity index (χ0) is 29.4. The zero-order valence-electron chi connectivity index (χ0n) is 24.6. The third kappa shape index (κ3) is 5.85. The van der Waals surface area contributed by atoms with Crippen LogP contribution in [0.3, 0.4) is 0 Å². The Balaban J connectivity index is 1.10. The molecule has 4 aliphatic rings. The smallest absolute Gasteiger partial charge is 0.338 e. The van der Waals surface area contributed by atoms with Crippen molar-refractivity contribution in [2.24, 2.45) is 23.2 Å². The molecule has 4 aliphatic carbocycles. The molecule has 0 radical (unpaired) electrons. The van der Waals surface area contributed by atoms with Gasteiger partial charge in [0.2, 0.25) is 0 Å². The minimum Gasteiger partial charge on any atom is -0.457 e. The molecule has 0 aliphatic heterocycles. The van der Waals surface area contributed by atoms with Gasteiger partial charge in [0, 0.05) is 17.6 Å². The van der Waals surface area contributed by atoms with Gasteiger partial charge in [-0.15, -0.1) is 0 Å². The van der Waals surface area contributed by atoms with E-state index in [2.05, 4.69) is 15.3 Å². The molecule has 220 valence electrons. The first-order valence-electron chi connectivity index (χ1n) is 15.6. The number of carbonyl (C=O) groups excluding carboxylic acids is 2. The van der Waals surface area contributed by atoms with Crippen molar-refractivity contribution in [2.45, 2.75) is 64.9 Å². The first kappa shape index (κ1) is 27.6. The van der Waals surface area contributed by atoms with E-state index in [4.69, 9.17) is 9.72 Å². The van der Waals surface area contributed by atoms with Gasteiger partial charge in [-0.25, -0.2) is 9.78 Å². The molecule has 4 aromatic rings. The maximum Gasteiger partial charge on any atom is 0.338 e. The van der Waals surface area contributed by atoms with Gasteiger partial charge in [-0.1, -0.05) is 42.5 Å². The van der Waals surface area contributed by atoms with E-state index >= 15 is 0 Å². The summed E-state index contributed by atoms with van der Waals surface area (Å²) in [5, 5.41) is 3.00. The molecule has 1 amide bonds. The Bertz CT molecular complexity index is 1590. The fourth-order valence-corrected chi connectivity index (χ4v) is 8.30. The minimum atomic E-state index is -0.425. The molecule has 0 saturated heterocycles. The number of hydrogen-bond acceptors (Lipinski definition) is 5. The lowest BCUT2D eigenvalue weighted by Gasteiger charge is -2.57. The number of imidazole rings is 1. The molecule has 8 rings (SSSR count). The minimum absolute atomic E-state index is 0.187. The van der Waals surface area contributed by atoms with Gasteiger partial charge in [0.1, 0.15) is 18.0 Å². The SMILES string of the molecule is Cc1ccc(NC(=O)c2nc(-c3ccccn3)[nH]c2CCC23CC4CC(CC(C4)C2)C3)cc1C(=O)OCc1ccccc1. The van der Waals surface area contributed by atoms with E-state index in [-0.39, 0.29) is 12.5 Å². The summed E-state index contributed by atoms with van der Waals surface area (Å²) >= 11 is 0. The fourth-order valence-electron chi connectivity index (χ4n) is 8.30. The van der Waals surface area contributed by atoms with Crippen LogP contribution in [-0.4, -0.2) is 26.8 Å². The number of anilines is 1. The van der Waals surface area contributed by atoms with Crippen molar-refractivity contribution in [1.29, 1.82) is 0 Å². The van der Waals surface area contributed by atoms with E-state index in [1.165, 1.54) is 38.5 Å². The second-order valence-corrected chi connectivity index (χ2v) is 13.1. The van der Waals surface area contributed by atoms with Gasteiger partial charge < -0.3 is 15.0 Å². The average Bonchev–Trinajstić information content (AvgIpc) is 3.45. The number of H-pyrrole nitrogens is 1. The molecule has 7 nitrogen and oxygen atoms in total. The number of pyridine rings is 1. The van der Waals surface area contributed by atoms with E-state index in [0.717, 1.165) is 47.4 Å². The number of nitrogens with zero attached hydrogens (tertiary/aromatic N) is 2. The summed E-state index contributed by atoms with van der Waals surface area (Å²) in [5.41, 5.74) is 4.98. The molecule has 2 aromatic heterocycles. The predicted molar refractivity (Wildman–Crippen MR) is 165 cm³/mol. The van der Waals surface area contributed by atoms with Crippen molar-refractivity contribution in [1.82, 2.24) is 15.0 Å². The van der Waals surface area contributed by atoms with Gasteiger partial charge in [-0.3, -0.25) is 9.78 Å². The summed E-state index contributed by atoms with van der Waals surface area (Å²) in [6, 6.07) is 20.6. The van der Waals surface area contributed by atoms with Crippen molar-refractivity contribution >= 4 is 17.6 Å². The van der Waals surface area contributed by atoms with Crippen LogP contribution in [0.25, 0.3) is 11.5 Å². The highest BCUT2D eigenvalue weighted by molar-refractivity contribution is 6.05. The quantitative estimate of drug-likeness (QED) is 0.201. The van der Waals surface area contributed by atoms with E-state index < -0.39 is 5.97 Å². The van der Waals surface area contributed by atoms with Gasteiger partial charge in [-0.2, -0.15) is 0 Å². The van der Waals surface area contributed by atoms with Gasteiger partial charge >= 0.3 is 5.97 Å². The van der Waals surface area contributed by atoms with E-state index in [0.29, 0.717) is 33.9 Å². The Morgan fingerprint density at radius 1 is 0.953 bits per heavy atom. The Morgan fingerprint density at radius 2 is 1.67 bits per heavy atom. The highest BCUT2D eigenvalue weighted by Crippen LogP contribution is 2.61. The molecule has 2 aromatic carbocycles. The van der Waals surface area contributed by atoms with Crippen LogP contribution in [0.4, 0.5) is 5.69 Å². The standard InChI is InChI=1S/C36H38N4O3/c1-23-10-11-28(18-29(23)35(42)43-22-24-7-3-2-4-8-24)38-34(41)32-30(39-33(40-32)31-9-5-6-14-37-31)12-13-36-19-25-15-26(20-36)17-27(16-25)21-36/h2-11,14,18,25-27H,12-13,15-17,19-22H2,1H3,(H,38,41)(H,39,40). The number of aryl methyl sites for hydroxylation is 2. The van der Waals surface area contributed by atoms with Crippen LogP contribution >= 0.6 is 0 Å². The first-order chi connectivity index (χ1) is 20.9. The number of ether oxygens (including phenoxy) is 1. The topological polar surface area (TPSA) is 97.0 Å². The van der Waals surface area contributed by atoms with Crippen molar-refractivity contribution in [3.8, 4) is 11.5 Å². The van der Waals surface area contributed by atoms with Crippen molar-refractivity contribution in [2.75, 3.05) is 5.32 Å². The summed E-state index contributed by atoms with van der Waals surface area (Å²) in [6.45, 7) is 2.05. The van der Waals surface area contributed by atoms with Crippen LogP contribution in [0.2, 0.25) is 0 Å². The summed E-state index contributed by atoms with van der Waals surface area (Å²) in [7, 11) is 0. The van der Waals surface area contributed by atoms with Crippen LogP contribution in [0.15, 0.2) is 72.9 Å². The lowest BCUT2D eigenvalue weighted by Crippen LogP contribution is -2.46. The Kier molecular flexibility index (Phi) is 7.33. The normalized spacial score (nSPS) is 23.7. The molecule has 7 heteroatoms. The molecule has 4 saturated carbocycles. The van der Waals surface area contributed by atoms with Crippen LogP contribution in [0, 0.1) is 30.1 Å². The number of nitrogens with one attached hydrogen (secondary N) is 2. The summed E-state index contributed by atoms with van der Waals surface area (Å²) in [5.74, 6) is 2.53. The Morgan fingerprint density at radius 3 is 2.37 bits per heavy atom. The first-order valence-corrected chi connectivity index (χ1v) is 15.6. The number of hydrogen-bond donors (Lipinski definition) is 2. The largest absolute Gasteiger partial charge is 0.457 e. The van der Waals surface area contributed by atoms with E-state index in [9.17, 15) is 9.59 Å². The maximum absolute atomic E-state index is 13.7. The number of rotatable bonds is 9. The summed E-state index contributed by atoms with van der Waals surface area (Å²) in [4.78, 5) is 39.4. The molecule has 43 heavy (non-hydrogen) atoms. The highest BCUT2D eigenvalue weighted by atomic mass is 16.5. The van der Waals surface area contributed by atoms with Crippen molar-refractivity contribution in [3.05, 3.63) is 101 Å². The molecular weight excluding hydrogens is 536 g/mol. The van der Waals surface area contributed by atoms with Crippen LogP contribution in [-0.2, 0) is 17.8 Å². The number of aromatic amines is 1. The van der Waals surface area contributed by atoms with Crippen LogP contribution < -0.4 is 5.32 Å². The Labute approximate surface area is 252 Å². The summed E-state index contributed by atoms with van der Waals surface area (Å²) < 4.78 is 5.57. The highest BCUT2D eigenvalue weighted by Gasteiger charge is 2.50. The molecule has 4 bridgehead atoms. The molecule has 4 fully saturated rings. The average molecular weight is 575 g/mol. The van der Waals surface area contributed by atoms with E-state index in [1.54, 1.807) is 12.3 Å². The molecule has 0 atom stereocenters. The van der Waals surface area contributed by atoms with Crippen molar-refractivity contribution < 1.29 is 14.3 Å². The number of amides is 1. The number of carbonyl (C=O) groups is 2. The maximum atomic E-state index is 13.7. The van der Waals surface area contributed by atoms with E-state index in [1.807, 2.05) is 67.6 Å².